The quantitative estimate of drug-likeness (QED) is 0.911. The fourth-order valence-corrected chi connectivity index (χ4v) is 3.94. The predicted octanol–water partition coefficient (Wildman–Crippen LogP) is 3.67. The Labute approximate surface area is 124 Å². The van der Waals surface area contributed by atoms with Gasteiger partial charge in [-0.25, -0.2) is 0 Å². The second kappa shape index (κ2) is 6.28. The van der Waals surface area contributed by atoms with Gasteiger partial charge in [0.05, 0.1) is 0 Å². The van der Waals surface area contributed by atoms with E-state index >= 15 is 0 Å². The lowest BCUT2D eigenvalue weighted by atomic mass is 9.83. The van der Waals surface area contributed by atoms with Crippen molar-refractivity contribution in [3.63, 3.8) is 0 Å². The molecule has 2 heteroatoms. The molecule has 1 heterocycles. The van der Waals surface area contributed by atoms with Gasteiger partial charge in [0.1, 0.15) is 0 Å². The summed E-state index contributed by atoms with van der Waals surface area (Å²) in [6.45, 7) is 13.4. The third-order valence-electron chi connectivity index (χ3n) is 5.14. The third kappa shape index (κ3) is 2.91. The highest BCUT2D eigenvalue weighted by atomic mass is 15.2. The first-order valence-electron chi connectivity index (χ1n) is 7.97. The van der Waals surface area contributed by atoms with Crippen LogP contribution >= 0.6 is 0 Å². The summed E-state index contributed by atoms with van der Waals surface area (Å²) in [5.41, 5.74) is 10.4. The summed E-state index contributed by atoms with van der Waals surface area (Å²) in [5.74, 6) is 1.51. The largest absolute Gasteiger partial charge is 0.329 e. The standard InChI is InChI=1S/C18H30N2/c1-12-9-15(4)16(5)20(11-12)17(10-19)18-13(2)7-6-8-14(18)3/h6-8,12,15-17H,9-11,19H2,1-5H3. The van der Waals surface area contributed by atoms with E-state index in [4.69, 9.17) is 5.73 Å². The van der Waals surface area contributed by atoms with Crippen LogP contribution in [0, 0.1) is 25.7 Å². The number of hydrogen-bond acceptors (Lipinski definition) is 2. The molecule has 20 heavy (non-hydrogen) atoms. The molecule has 0 amide bonds. The van der Waals surface area contributed by atoms with Crippen LogP contribution < -0.4 is 5.73 Å². The van der Waals surface area contributed by atoms with Crippen LogP contribution in [0.15, 0.2) is 18.2 Å². The average Bonchev–Trinajstić information content (AvgIpc) is 2.39. The molecule has 0 radical (unpaired) electrons. The van der Waals surface area contributed by atoms with Gasteiger partial charge in [-0.05, 0) is 55.7 Å². The van der Waals surface area contributed by atoms with Gasteiger partial charge in [0.15, 0.2) is 0 Å². The maximum Gasteiger partial charge on any atom is 0.0478 e. The molecule has 0 spiro atoms. The highest BCUT2D eigenvalue weighted by Crippen LogP contribution is 2.35. The number of piperidine rings is 1. The monoisotopic (exact) mass is 274 g/mol. The fourth-order valence-electron chi connectivity index (χ4n) is 3.94. The average molecular weight is 274 g/mol. The Morgan fingerprint density at radius 1 is 1.20 bits per heavy atom. The molecule has 4 atom stereocenters. The Kier molecular flexibility index (Phi) is 4.87. The van der Waals surface area contributed by atoms with Crippen molar-refractivity contribution in [3.05, 3.63) is 34.9 Å². The molecular weight excluding hydrogens is 244 g/mol. The van der Waals surface area contributed by atoms with E-state index in [2.05, 4.69) is 57.7 Å². The topological polar surface area (TPSA) is 29.3 Å². The number of benzene rings is 1. The van der Waals surface area contributed by atoms with Gasteiger partial charge < -0.3 is 5.73 Å². The van der Waals surface area contributed by atoms with E-state index in [9.17, 15) is 0 Å². The van der Waals surface area contributed by atoms with Crippen LogP contribution in [0.25, 0.3) is 0 Å². The third-order valence-corrected chi connectivity index (χ3v) is 5.14. The molecule has 0 bridgehead atoms. The van der Waals surface area contributed by atoms with Crippen molar-refractivity contribution in [2.75, 3.05) is 13.1 Å². The smallest absolute Gasteiger partial charge is 0.0478 e. The first-order chi connectivity index (χ1) is 9.45. The first-order valence-corrected chi connectivity index (χ1v) is 7.97. The van der Waals surface area contributed by atoms with Crippen molar-refractivity contribution in [2.45, 2.75) is 53.1 Å². The van der Waals surface area contributed by atoms with Gasteiger partial charge in [0.2, 0.25) is 0 Å². The molecule has 0 aliphatic carbocycles. The summed E-state index contributed by atoms with van der Waals surface area (Å²) < 4.78 is 0. The predicted molar refractivity (Wildman–Crippen MR) is 86.8 cm³/mol. The zero-order valence-corrected chi connectivity index (χ0v) is 13.7. The van der Waals surface area contributed by atoms with Crippen LogP contribution in [0.4, 0.5) is 0 Å². The van der Waals surface area contributed by atoms with Gasteiger partial charge in [-0.1, -0.05) is 32.0 Å². The molecule has 2 nitrogen and oxygen atoms in total. The zero-order chi connectivity index (χ0) is 14.9. The molecule has 0 aromatic heterocycles. The van der Waals surface area contributed by atoms with E-state index in [1.54, 1.807) is 0 Å². The summed E-state index contributed by atoms with van der Waals surface area (Å²) in [4.78, 5) is 2.65. The van der Waals surface area contributed by atoms with E-state index in [0.717, 1.165) is 11.8 Å². The van der Waals surface area contributed by atoms with Gasteiger partial charge in [-0.2, -0.15) is 0 Å². The molecule has 112 valence electrons. The maximum atomic E-state index is 6.18. The van der Waals surface area contributed by atoms with Crippen LogP contribution in [0.2, 0.25) is 0 Å². The van der Waals surface area contributed by atoms with Crippen molar-refractivity contribution in [3.8, 4) is 0 Å². The van der Waals surface area contributed by atoms with E-state index in [0.29, 0.717) is 18.6 Å². The second-order valence-electron chi connectivity index (χ2n) is 6.81. The Morgan fingerprint density at radius 3 is 2.35 bits per heavy atom. The van der Waals surface area contributed by atoms with Crippen molar-refractivity contribution in [2.24, 2.45) is 17.6 Å². The summed E-state index contributed by atoms with van der Waals surface area (Å²) in [7, 11) is 0. The summed E-state index contributed by atoms with van der Waals surface area (Å²) in [6.07, 6.45) is 1.34. The molecule has 2 N–H and O–H groups in total. The minimum Gasteiger partial charge on any atom is -0.329 e. The Bertz CT molecular complexity index is 434. The molecule has 2 rings (SSSR count). The lowest BCUT2D eigenvalue weighted by Crippen LogP contribution is -2.49. The van der Waals surface area contributed by atoms with E-state index < -0.39 is 0 Å². The van der Waals surface area contributed by atoms with Crippen molar-refractivity contribution in [1.29, 1.82) is 0 Å². The highest BCUT2D eigenvalue weighted by Gasteiger charge is 2.34. The van der Waals surface area contributed by atoms with Crippen LogP contribution in [0.3, 0.4) is 0 Å². The minimum absolute atomic E-state index is 0.358. The second-order valence-corrected chi connectivity index (χ2v) is 6.81. The van der Waals surface area contributed by atoms with Gasteiger partial charge in [0, 0.05) is 25.2 Å². The molecule has 1 aromatic carbocycles. The van der Waals surface area contributed by atoms with Gasteiger partial charge >= 0.3 is 0 Å². The SMILES string of the molecule is Cc1cccc(C)c1C(CN)N1CC(C)CC(C)C1C. The molecule has 1 aliphatic heterocycles. The zero-order valence-electron chi connectivity index (χ0n) is 13.7. The number of hydrogen-bond donors (Lipinski definition) is 1. The first kappa shape index (κ1) is 15.5. The minimum atomic E-state index is 0.358. The van der Waals surface area contributed by atoms with E-state index in [1.165, 1.54) is 29.7 Å². The summed E-state index contributed by atoms with van der Waals surface area (Å²) >= 11 is 0. The summed E-state index contributed by atoms with van der Waals surface area (Å²) in [6, 6.07) is 7.54. The lowest BCUT2D eigenvalue weighted by molar-refractivity contribution is 0.0420. The number of aryl methyl sites for hydroxylation is 2. The molecule has 1 aliphatic rings. The lowest BCUT2D eigenvalue weighted by Gasteiger charge is -2.46. The van der Waals surface area contributed by atoms with E-state index in [1.807, 2.05) is 0 Å². The normalized spacial score (nSPS) is 29.4. The van der Waals surface area contributed by atoms with Crippen LogP contribution in [0.5, 0.6) is 0 Å². The summed E-state index contributed by atoms with van der Waals surface area (Å²) in [5, 5.41) is 0. The highest BCUT2D eigenvalue weighted by molar-refractivity contribution is 5.36. The van der Waals surface area contributed by atoms with Crippen molar-refractivity contribution < 1.29 is 0 Å². The number of rotatable bonds is 3. The van der Waals surface area contributed by atoms with Crippen LogP contribution in [0.1, 0.15) is 49.9 Å². The van der Waals surface area contributed by atoms with Gasteiger partial charge in [0.25, 0.3) is 0 Å². The Morgan fingerprint density at radius 2 is 1.80 bits per heavy atom. The molecule has 1 saturated heterocycles. The van der Waals surface area contributed by atoms with Crippen molar-refractivity contribution in [1.82, 2.24) is 4.90 Å². The number of nitrogens with zero attached hydrogens (tertiary/aromatic N) is 1. The number of nitrogens with two attached hydrogens (primary N) is 1. The molecule has 1 aromatic rings. The fraction of sp³-hybridized carbons (Fsp3) is 0.667. The van der Waals surface area contributed by atoms with Gasteiger partial charge in [-0.15, -0.1) is 0 Å². The Hall–Kier alpha value is -0.860. The molecule has 0 saturated carbocycles. The van der Waals surface area contributed by atoms with Gasteiger partial charge in [-0.3, -0.25) is 4.90 Å². The van der Waals surface area contributed by atoms with Crippen LogP contribution in [-0.2, 0) is 0 Å². The van der Waals surface area contributed by atoms with Crippen LogP contribution in [-0.4, -0.2) is 24.0 Å². The molecule has 4 unspecified atom stereocenters. The van der Waals surface area contributed by atoms with Crippen molar-refractivity contribution >= 4 is 0 Å². The number of likely N-dealkylation sites (tertiary alicyclic amines) is 1. The van der Waals surface area contributed by atoms with E-state index in [-0.39, 0.29) is 0 Å². The Balaban J connectivity index is 2.36. The molecule has 1 fully saturated rings. The maximum absolute atomic E-state index is 6.18. The molecular formula is C18H30N2.